The molecule has 4 N–H and O–H groups in total. The van der Waals surface area contributed by atoms with Gasteiger partial charge in [-0.3, -0.25) is 0 Å². The van der Waals surface area contributed by atoms with E-state index in [1.165, 1.54) is 12.1 Å². The van der Waals surface area contributed by atoms with Crippen molar-refractivity contribution in [2.45, 2.75) is 12.2 Å². The average molecular weight is 244 g/mol. The van der Waals surface area contributed by atoms with Crippen molar-refractivity contribution < 1.29 is 10.2 Å². The Kier molecular flexibility index (Phi) is 4.33. The average Bonchev–Trinajstić information content (AvgIpc) is 2.28. The monoisotopic (exact) mass is 243 g/mol. The SMILES string of the molecule is [N-]=[N+]=NCC(O)C(O)c1ccc(N)c(Cl)n1. The summed E-state index contributed by atoms with van der Waals surface area (Å²) in [4.78, 5) is 6.27. The number of hydrogen-bond acceptors (Lipinski definition) is 5. The summed E-state index contributed by atoms with van der Waals surface area (Å²) in [7, 11) is 0. The van der Waals surface area contributed by atoms with Crippen LogP contribution >= 0.6 is 11.6 Å². The zero-order valence-corrected chi connectivity index (χ0v) is 8.91. The lowest BCUT2D eigenvalue weighted by atomic mass is 10.1. The number of nitrogens with zero attached hydrogens (tertiary/aromatic N) is 4. The van der Waals surface area contributed by atoms with Crippen molar-refractivity contribution in [1.82, 2.24) is 4.98 Å². The van der Waals surface area contributed by atoms with Gasteiger partial charge in [0.15, 0.2) is 5.15 Å². The summed E-state index contributed by atoms with van der Waals surface area (Å²) in [6.45, 7) is -0.249. The number of nitrogens with two attached hydrogens (primary N) is 1. The summed E-state index contributed by atoms with van der Waals surface area (Å²) < 4.78 is 0. The van der Waals surface area contributed by atoms with E-state index >= 15 is 0 Å². The molecule has 86 valence electrons. The summed E-state index contributed by atoms with van der Waals surface area (Å²) in [5.74, 6) is 0. The lowest BCUT2D eigenvalue weighted by Gasteiger charge is -2.15. The van der Waals surface area contributed by atoms with Crippen LogP contribution in [0.1, 0.15) is 11.8 Å². The van der Waals surface area contributed by atoms with Crippen LogP contribution in [0.5, 0.6) is 0 Å². The van der Waals surface area contributed by atoms with Crippen LogP contribution in [0.2, 0.25) is 5.15 Å². The van der Waals surface area contributed by atoms with E-state index in [4.69, 9.17) is 22.9 Å². The number of rotatable bonds is 4. The van der Waals surface area contributed by atoms with Crippen molar-refractivity contribution in [3.8, 4) is 0 Å². The molecule has 0 aliphatic rings. The van der Waals surface area contributed by atoms with E-state index in [9.17, 15) is 10.2 Å². The molecule has 1 aromatic rings. The van der Waals surface area contributed by atoms with Crippen LogP contribution in [0.25, 0.3) is 10.4 Å². The number of aliphatic hydroxyl groups is 2. The normalized spacial score (nSPS) is 13.9. The van der Waals surface area contributed by atoms with E-state index in [1.807, 2.05) is 0 Å². The fourth-order valence-corrected chi connectivity index (χ4v) is 1.20. The molecule has 1 rings (SSSR count). The topological polar surface area (TPSA) is 128 Å². The van der Waals surface area contributed by atoms with Crippen LogP contribution in [0, 0.1) is 0 Å². The summed E-state index contributed by atoms with van der Waals surface area (Å²) in [6.07, 6.45) is -2.51. The molecule has 0 spiro atoms. The second-order valence-corrected chi connectivity index (χ2v) is 3.40. The van der Waals surface area contributed by atoms with Crippen LogP contribution in [0.3, 0.4) is 0 Å². The quantitative estimate of drug-likeness (QED) is 0.316. The molecule has 0 bridgehead atoms. The number of anilines is 1. The Bertz CT molecular complexity index is 421. The van der Waals surface area contributed by atoms with E-state index in [-0.39, 0.29) is 23.1 Å². The number of pyridine rings is 1. The first-order chi connectivity index (χ1) is 7.56. The predicted octanol–water partition coefficient (Wildman–Crippen LogP) is 1.02. The first-order valence-electron chi connectivity index (χ1n) is 4.35. The molecule has 0 aliphatic carbocycles. The summed E-state index contributed by atoms with van der Waals surface area (Å²) in [5, 5.41) is 22.3. The second-order valence-electron chi connectivity index (χ2n) is 3.04. The Hall–Kier alpha value is -1.53. The molecule has 0 saturated carbocycles. The highest BCUT2D eigenvalue weighted by molar-refractivity contribution is 6.31. The van der Waals surface area contributed by atoms with Crippen molar-refractivity contribution in [3.05, 3.63) is 33.4 Å². The second kappa shape index (κ2) is 5.53. The Labute approximate surface area is 96.1 Å². The summed E-state index contributed by atoms with van der Waals surface area (Å²) in [5.41, 5.74) is 13.9. The van der Waals surface area contributed by atoms with E-state index < -0.39 is 12.2 Å². The zero-order chi connectivity index (χ0) is 12.1. The number of hydrogen-bond donors (Lipinski definition) is 3. The van der Waals surface area contributed by atoms with Gasteiger partial charge in [0.25, 0.3) is 0 Å². The van der Waals surface area contributed by atoms with Crippen molar-refractivity contribution in [2.75, 3.05) is 12.3 Å². The van der Waals surface area contributed by atoms with Crippen molar-refractivity contribution in [2.24, 2.45) is 5.11 Å². The molecule has 8 heteroatoms. The lowest BCUT2D eigenvalue weighted by Crippen LogP contribution is -2.22. The van der Waals surface area contributed by atoms with Crippen LogP contribution in [0.4, 0.5) is 5.69 Å². The van der Waals surface area contributed by atoms with E-state index in [0.717, 1.165) is 0 Å². The molecule has 7 nitrogen and oxygen atoms in total. The van der Waals surface area contributed by atoms with E-state index in [1.54, 1.807) is 0 Å². The first kappa shape index (κ1) is 12.5. The molecular weight excluding hydrogens is 234 g/mol. The molecule has 0 amide bonds. The van der Waals surface area contributed by atoms with Crippen LogP contribution in [-0.4, -0.2) is 27.8 Å². The maximum atomic E-state index is 9.64. The Morgan fingerprint density at radius 1 is 1.56 bits per heavy atom. The lowest BCUT2D eigenvalue weighted by molar-refractivity contribution is 0.0218. The molecule has 2 unspecified atom stereocenters. The molecule has 0 saturated heterocycles. The first-order valence-corrected chi connectivity index (χ1v) is 4.73. The van der Waals surface area contributed by atoms with Crippen molar-refractivity contribution in [3.63, 3.8) is 0 Å². The maximum Gasteiger partial charge on any atom is 0.152 e. The van der Waals surface area contributed by atoms with Crippen LogP contribution in [0.15, 0.2) is 17.2 Å². The van der Waals surface area contributed by atoms with Crippen molar-refractivity contribution >= 4 is 17.3 Å². The molecular formula is C8H10ClN5O2. The van der Waals surface area contributed by atoms with Gasteiger partial charge < -0.3 is 15.9 Å². The smallest absolute Gasteiger partial charge is 0.152 e. The highest BCUT2D eigenvalue weighted by Gasteiger charge is 2.19. The molecule has 1 heterocycles. The molecule has 1 aromatic heterocycles. The van der Waals surface area contributed by atoms with Crippen LogP contribution in [-0.2, 0) is 0 Å². The number of aliphatic hydroxyl groups excluding tert-OH is 2. The molecule has 0 aliphatic heterocycles. The minimum absolute atomic E-state index is 0.0486. The van der Waals surface area contributed by atoms with Gasteiger partial charge in [0.1, 0.15) is 6.10 Å². The van der Waals surface area contributed by atoms with E-state index in [2.05, 4.69) is 15.0 Å². The van der Waals surface area contributed by atoms with Crippen molar-refractivity contribution in [1.29, 1.82) is 0 Å². The molecule has 2 atom stereocenters. The van der Waals surface area contributed by atoms with Crippen LogP contribution < -0.4 is 5.73 Å². The Morgan fingerprint density at radius 2 is 2.25 bits per heavy atom. The minimum Gasteiger partial charge on any atom is -0.396 e. The van der Waals surface area contributed by atoms with Gasteiger partial charge in [-0.2, -0.15) is 0 Å². The number of halogens is 1. The minimum atomic E-state index is -1.27. The zero-order valence-electron chi connectivity index (χ0n) is 8.16. The fourth-order valence-electron chi connectivity index (χ4n) is 1.04. The molecule has 0 aromatic carbocycles. The maximum absolute atomic E-state index is 9.64. The number of aromatic nitrogens is 1. The molecule has 0 fully saturated rings. The molecule has 16 heavy (non-hydrogen) atoms. The Balaban J connectivity index is 2.82. The number of azide groups is 1. The highest BCUT2D eigenvalue weighted by Crippen LogP contribution is 2.21. The highest BCUT2D eigenvalue weighted by atomic mass is 35.5. The van der Waals surface area contributed by atoms with Gasteiger partial charge in [0.2, 0.25) is 0 Å². The van der Waals surface area contributed by atoms with Gasteiger partial charge in [-0.25, -0.2) is 4.98 Å². The molecule has 0 radical (unpaired) electrons. The third-order valence-electron chi connectivity index (χ3n) is 1.90. The van der Waals surface area contributed by atoms with Gasteiger partial charge in [0, 0.05) is 4.91 Å². The standard InChI is InChI=1S/C8H10ClN5O2/c9-8-4(10)1-2-5(13-8)7(16)6(15)3-12-14-11/h1-2,6-7,15-16H,3,10H2. The largest absolute Gasteiger partial charge is 0.396 e. The fraction of sp³-hybridized carbons (Fsp3) is 0.375. The van der Waals surface area contributed by atoms with Gasteiger partial charge in [-0.1, -0.05) is 16.7 Å². The van der Waals surface area contributed by atoms with Gasteiger partial charge in [-0.05, 0) is 17.7 Å². The Morgan fingerprint density at radius 3 is 2.81 bits per heavy atom. The number of nitrogen functional groups attached to an aromatic ring is 1. The van der Waals surface area contributed by atoms with E-state index in [0.29, 0.717) is 0 Å². The van der Waals surface area contributed by atoms with Gasteiger partial charge >= 0.3 is 0 Å². The summed E-state index contributed by atoms with van der Waals surface area (Å²) in [6, 6.07) is 2.90. The predicted molar refractivity (Wildman–Crippen MR) is 58.6 cm³/mol. The van der Waals surface area contributed by atoms with Gasteiger partial charge in [-0.15, -0.1) is 0 Å². The third kappa shape index (κ3) is 2.98. The third-order valence-corrected chi connectivity index (χ3v) is 2.20. The summed E-state index contributed by atoms with van der Waals surface area (Å²) >= 11 is 5.66. The van der Waals surface area contributed by atoms with Gasteiger partial charge in [0.05, 0.1) is 24.0 Å².